The Labute approximate surface area is 113 Å². The summed E-state index contributed by atoms with van der Waals surface area (Å²) in [6.45, 7) is 5.26. The predicted molar refractivity (Wildman–Crippen MR) is 72.2 cm³/mol. The molecular formula is C14H20N2O3. The number of nitrogens with one attached hydrogen (secondary N) is 1. The minimum Gasteiger partial charge on any atom is -0.445 e. The van der Waals surface area contributed by atoms with Crippen LogP contribution in [0, 0.1) is 5.41 Å². The average molecular weight is 264 g/mol. The third kappa shape index (κ3) is 4.28. The SMILES string of the molecule is C[C@@H](NC(=O)OCc1ccccc1)C(C)(C)C(N)=O. The van der Waals surface area contributed by atoms with Gasteiger partial charge in [0.25, 0.3) is 0 Å². The number of hydrogen-bond acceptors (Lipinski definition) is 3. The number of amides is 2. The van der Waals surface area contributed by atoms with E-state index in [1.54, 1.807) is 20.8 Å². The van der Waals surface area contributed by atoms with Gasteiger partial charge in [0.2, 0.25) is 5.91 Å². The van der Waals surface area contributed by atoms with Gasteiger partial charge in [0.15, 0.2) is 0 Å². The van der Waals surface area contributed by atoms with Crippen LogP contribution in [0.4, 0.5) is 4.79 Å². The fourth-order valence-corrected chi connectivity index (χ4v) is 1.34. The van der Waals surface area contributed by atoms with Crippen molar-refractivity contribution < 1.29 is 14.3 Å². The van der Waals surface area contributed by atoms with Gasteiger partial charge in [-0.15, -0.1) is 0 Å². The number of nitrogens with two attached hydrogens (primary N) is 1. The fourth-order valence-electron chi connectivity index (χ4n) is 1.34. The Morgan fingerprint density at radius 1 is 1.32 bits per heavy atom. The molecular weight excluding hydrogens is 244 g/mol. The quantitative estimate of drug-likeness (QED) is 0.851. The third-order valence-electron chi connectivity index (χ3n) is 3.26. The van der Waals surface area contributed by atoms with E-state index in [1.165, 1.54) is 0 Å². The van der Waals surface area contributed by atoms with Gasteiger partial charge in [0.05, 0.1) is 5.41 Å². The van der Waals surface area contributed by atoms with Gasteiger partial charge in [-0.1, -0.05) is 30.3 Å². The Hall–Kier alpha value is -2.04. The van der Waals surface area contributed by atoms with E-state index >= 15 is 0 Å². The molecule has 0 saturated carbocycles. The van der Waals surface area contributed by atoms with Crippen molar-refractivity contribution in [2.45, 2.75) is 33.4 Å². The zero-order chi connectivity index (χ0) is 14.5. The summed E-state index contributed by atoms with van der Waals surface area (Å²) in [6.07, 6.45) is -0.564. The molecule has 19 heavy (non-hydrogen) atoms. The molecule has 1 aromatic carbocycles. The van der Waals surface area contributed by atoms with Gasteiger partial charge in [-0.25, -0.2) is 4.79 Å². The van der Waals surface area contributed by atoms with Gasteiger partial charge >= 0.3 is 6.09 Å². The first-order valence-corrected chi connectivity index (χ1v) is 6.11. The number of rotatable bonds is 5. The molecule has 0 aliphatic rings. The molecule has 0 saturated heterocycles. The van der Waals surface area contributed by atoms with Crippen LogP contribution in [0.5, 0.6) is 0 Å². The topological polar surface area (TPSA) is 81.4 Å². The molecule has 1 aromatic rings. The minimum atomic E-state index is -0.828. The Balaban J connectivity index is 2.46. The van der Waals surface area contributed by atoms with Crippen LogP contribution in [0.25, 0.3) is 0 Å². The van der Waals surface area contributed by atoms with Crippen molar-refractivity contribution in [2.75, 3.05) is 0 Å². The van der Waals surface area contributed by atoms with Crippen molar-refractivity contribution in [3.63, 3.8) is 0 Å². The molecule has 0 unspecified atom stereocenters. The number of ether oxygens (including phenoxy) is 1. The molecule has 0 bridgehead atoms. The first-order chi connectivity index (χ1) is 8.84. The summed E-state index contributed by atoms with van der Waals surface area (Å²) in [5.41, 5.74) is 5.36. The van der Waals surface area contributed by atoms with E-state index in [1.807, 2.05) is 30.3 Å². The van der Waals surface area contributed by atoms with Crippen molar-refractivity contribution in [3.05, 3.63) is 35.9 Å². The lowest BCUT2D eigenvalue weighted by Gasteiger charge is -2.28. The number of carbonyl (C=O) groups excluding carboxylic acids is 2. The van der Waals surface area contributed by atoms with Gasteiger partial charge < -0.3 is 15.8 Å². The van der Waals surface area contributed by atoms with Crippen LogP contribution in [0.1, 0.15) is 26.3 Å². The molecule has 1 atom stereocenters. The molecule has 0 heterocycles. The molecule has 0 aromatic heterocycles. The monoisotopic (exact) mass is 264 g/mol. The van der Waals surface area contributed by atoms with Crippen molar-refractivity contribution in [1.82, 2.24) is 5.32 Å². The molecule has 3 N–H and O–H groups in total. The first-order valence-electron chi connectivity index (χ1n) is 6.11. The highest BCUT2D eigenvalue weighted by Crippen LogP contribution is 2.19. The van der Waals surface area contributed by atoms with E-state index in [-0.39, 0.29) is 6.61 Å². The normalized spacial score (nSPS) is 12.6. The van der Waals surface area contributed by atoms with Crippen LogP contribution in [-0.4, -0.2) is 18.0 Å². The molecule has 0 spiro atoms. The smallest absolute Gasteiger partial charge is 0.407 e. The lowest BCUT2D eigenvalue weighted by atomic mass is 9.85. The Morgan fingerprint density at radius 2 is 1.89 bits per heavy atom. The van der Waals surface area contributed by atoms with E-state index in [9.17, 15) is 9.59 Å². The Morgan fingerprint density at radius 3 is 2.42 bits per heavy atom. The number of benzene rings is 1. The van der Waals surface area contributed by atoms with Crippen molar-refractivity contribution >= 4 is 12.0 Å². The van der Waals surface area contributed by atoms with Gasteiger partial charge in [0.1, 0.15) is 6.61 Å². The van der Waals surface area contributed by atoms with Crippen LogP contribution in [0.2, 0.25) is 0 Å². The standard InChI is InChI=1S/C14H20N2O3/c1-10(14(2,3)12(15)17)16-13(18)19-9-11-7-5-4-6-8-11/h4-8,10H,9H2,1-3H3,(H2,15,17)(H,16,18)/t10-/m1/s1. The van der Waals surface area contributed by atoms with Crippen LogP contribution in [-0.2, 0) is 16.1 Å². The second-order valence-electron chi connectivity index (χ2n) is 5.01. The number of alkyl carbamates (subject to hydrolysis) is 1. The summed E-state index contributed by atoms with van der Waals surface area (Å²) in [5.74, 6) is -0.469. The second kappa shape index (κ2) is 6.22. The van der Waals surface area contributed by atoms with Crippen LogP contribution in [0.15, 0.2) is 30.3 Å². The zero-order valence-electron chi connectivity index (χ0n) is 11.5. The maximum Gasteiger partial charge on any atom is 0.407 e. The molecule has 5 heteroatoms. The van der Waals surface area contributed by atoms with E-state index in [0.29, 0.717) is 0 Å². The summed E-state index contributed by atoms with van der Waals surface area (Å²) >= 11 is 0. The van der Waals surface area contributed by atoms with Crippen LogP contribution >= 0.6 is 0 Å². The largest absolute Gasteiger partial charge is 0.445 e. The average Bonchev–Trinajstić information content (AvgIpc) is 2.37. The summed E-state index contributed by atoms with van der Waals surface area (Å²) in [5, 5.41) is 2.61. The molecule has 0 aliphatic heterocycles. The predicted octanol–water partition coefficient (Wildman–Crippen LogP) is 1.81. The van der Waals surface area contributed by atoms with E-state index in [2.05, 4.69) is 5.32 Å². The minimum absolute atomic E-state index is 0.191. The van der Waals surface area contributed by atoms with Gasteiger partial charge in [-0.2, -0.15) is 0 Å². The second-order valence-corrected chi connectivity index (χ2v) is 5.01. The maximum absolute atomic E-state index is 11.6. The molecule has 0 aliphatic carbocycles. The number of carbonyl (C=O) groups is 2. The summed E-state index contributed by atoms with van der Waals surface area (Å²) in [7, 11) is 0. The van der Waals surface area contributed by atoms with Crippen molar-refractivity contribution in [1.29, 1.82) is 0 Å². The van der Waals surface area contributed by atoms with E-state index in [0.717, 1.165) is 5.56 Å². The van der Waals surface area contributed by atoms with Crippen molar-refractivity contribution in [2.24, 2.45) is 11.1 Å². The highest BCUT2D eigenvalue weighted by Gasteiger charge is 2.33. The molecule has 1 rings (SSSR count). The molecule has 0 fully saturated rings. The Kier molecular flexibility index (Phi) is 4.92. The highest BCUT2D eigenvalue weighted by molar-refractivity contribution is 5.81. The Bertz CT molecular complexity index is 443. The van der Waals surface area contributed by atoms with E-state index in [4.69, 9.17) is 10.5 Å². The third-order valence-corrected chi connectivity index (χ3v) is 3.26. The lowest BCUT2D eigenvalue weighted by Crippen LogP contribution is -2.49. The molecule has 5 nitrogen and oxygen atoms in total. The van der Waals surface area contributed by atoms with Gasteiger partial charge in [-0.3, -0.25) is 4.79 Å². The van der Waals surface area contributed by atoms with Gasteiger partial charge in [0, 0.05) is 6.04 Å². The number of primary amides is 1. The zero-order valence-corrected chi connectivity index (χ0v) is 11.5. The fraction of sp³-hybridized carbons (Fsp3) is 0.429. The van der Waals surface area contributed by atoms with Gasteiger partial charge in [-0.05, 0) is 26.3 Å². The summed E-state index contributed by atoms with van der Waals surface area (Å²) in [6, 6.07) is 8.95. The lowest BCUT2D eigenvalue weighted by molar-refractivity contribution is -0.127. The number of hydrogen-bond donors (Lipinski definition) is 2. The van der Waals surface area contributed by atoms with Crippen LogP contribution < -0.4 is 11.1 Å². The summed E-state index contributed by atoms with van der Waals surface area (Å²) in [4.78, 5) is 22.9. The van der Waals surface area contributed by atoms with Crippen molar-refractivity contribution in [3.8, 4) is 0 Å². The van der Waals surface area contributed by atoms with E-state index < -0.39 is 23.5 Å². The molecule has 2 amide bonds. The summed E-state index contributed by atoms with van der Waals surface area (Å²) < 4.78 is 5.07. The highest BCUT2D eigenvalue weighted by atomic mass is 16.5. The first kappa shape index (κ1) is 15.0. The molecule has 104 valence electrons. The molecule has 0 radical (unpaired) electrons. The maximum atomic E-state index is 11.6. The van der Waals surface area contributed by atoms with Crippen LogP contribution in [0.3, 0.4) is 0 Å².